The highest BCUT2D eigenvalue weighted by Crippen LogP contribution is 2.22. The fourth-order valence-corrected chi connectivity index (χ4v) is 2.29. The van der Waals surface area contributed by atoms with Crippen LogP contribution < -0.4 is 4.74 Å². The van der Waals surface area contributed by atoms with Gasteiger partial charge in [0.2, 0.25) is 0 Å². The number of rotatable bonds is 4. The molecule has 2 rings (SSSR count). The van der Waals surface area contributed by atoms with Gasteiger partial charge in [-0.25, -0.2) is 0 Å². The molecule has 0 unspecified atom stereocenters. The van der Waals surface area contributed by atoms with E-state index in [-0.39, 0.29) is 0 Å². The van der Waals surface area contributed by atoms with Gasteiger partial charge < -0.3 is 9.94 Å². The van der Waals surface area contributed by atoms with Crippen LogP contribution in [0.25, 0.3) is 0 Å². The zero-order chi connectivity index (χ0) is 13.0. The smallest absolute Gasteiger partial charge is 0.129 e. The third-order valence-electron chi connectivity index (χ3n) is 2.65. The minimum atomic E-state index is 0.526. The fraction of sp³-hybridized carbons (Fsp3) is 0.214. The van der Waals surface area contributed by atoms with Crippen LogP contribution in [0.5, 0.6) is 5.75 Å². The molecule has 0 aliphatic carbocycles. The molecule has 0 bridgehead atoms. The molecule has 1 heterocycles. The molecule has 1 aromatic heterocycles. The summed E-state index contributed by atoms with van der Waals surface area (Å²) in [6.45, 7) is 4.29. The molecular weight excluding hydrogens is 246 g/mol. The third kappa shape index (κ3) is 2.90. The van der Waals surface area contributed by atoms with Crippen LogP contribution in [0.2, 0.25) is 0 Å². The van der Waals surface area contributed by atoms with E-state index in [1.54, 1.807) is 18.3 Å². The van der Waals surface area contributed by atoms with E-state index in [1.165, 1.54) is 0 Å². The fourth-order valence-electron chi connectivity index (χ4n) is 1.64. The predicted molar refractivity (Wildman–Crippen MR) is 73.8 cm³/mol. The van der Waals surface area contributed by atoms with Crippen molar-refractivity contribution in [2.75, 3.05) is 0 Å². The summed E-state index contributed by atoms with van der Waals surface area (Å²) in [5, 5.41) is 16.2. The van der Waals surface area contributed by atoms with E-state index in [4.69, 9.17) is 9.94 Å². The standard InChI is InChI=1S/C14H15NO2S/c1-10-3-4-13(11(2)15-16)14(7-10)17-8-12-5-6-18-9-12/h3-7,9,16H,8H2,1-2H3/b15-11-. The number of benzene rings is 1. The van der Waals surface area contributed by atoms with Crippen molar-refractivity contribution in [3.8, 4) is 5.75 Å². The molecule has 0 radical (unpaired) electrons. The monoisotopic (exact) mass is 261 g/mol. The first-order chi connectivity index (χ1) is 8.70. The van der Waals surface area contributed by atoms with Gasteiger partial charge in [-0.15, -0.1) is 0 Å². The molecule has 1 aromatic carbocycles. The lowest BCUT2D eigenvalue weighted by Gasteiger charge is -2.11. The maximum atomic E-state index is 8.87. The summed E-state index contributed by atoms with van der Waals surface area (Å²) in [5.74, 6) is 0.747. The second-order valence-corrected chi connectivity index (χ2v) is 4.89. The van der Waals surface area contributed by atoms with Gasteiger partial charge in [0.15, 0.2) is 0 Å². The van der Waals surface area contributed by atoms with Gasteiger partial charge in [0, 0.05) is 5.56 Å². The zero-order valence-corrected chi connectivity index (χ0v) is 11.2. The Kier molecular flexibility index (Phi) is 3.99. The summed E-state index contributed by atoms with van der Waals surface area (Å²) in [5.41, 5.74) is 3.63. The Labute approximate surface area is 110 Å². The van der Waals surface area contributed by atoms with Crippen molar-refractivity contribution < 1.29 is 9.94 Å². The lowest BCUT2D eigenvalue weighted by Crippen LogP contribution is -2.02. The van der Waals surface area contributed by atoms with E-state index in [2.05, 4.69) is 10.5 Å². The number of nitrogens with zero attached hydrogens (tertiary/aromatic N) is 1. The maximum Gasteiger partial charge on any atom is 0.129 e. The number of aryl methyl sites for hydroxylation is 1. The molecule has 0 spiro atoms. The molecule has 0 amide bonds. The molecule has 2 aromatic rings. The van der Waals surface area contributed by atoms with Crippen LogP contribution in [0, 0.1) is 6.92 Å². The highest BCUT2D eigenvalue weighted by atomic mass is 32.1. The number of oxime groups is 1. The van der Waals surface area contributed by atoms with Gasteiger partial charge in [0.25, 0.3) is 0 Å². The first kappa shape index (κ1) is 12.6. The van der Waals surface area contributed by atoms with Crippen molar-refractivity contribution in [3.05, 3.63) is 51.7 Å². The van der Waals surface area contributed by atoms with Crippen LogP contribution in [-0.2, 0) is 6.61 Å². The van der Waals surface area contributed by atoms with E-state index in [9.17, 15) is 0 Å². The molecule has 4 heteroatoms. The Hall–Kier alpha value is -1.81. The molecule has 0 atom stereocenters. The Balaban J connectivity index is 2.22. The Morgan fingerprint density at radius 1 is 1.39 bits per heavy atom. The van der Waals surface area contributed by atoms with E-state index < -0.39 is 0 Å². The van der Waals surface area contributed by atoms with Crippen molar-refractivity contribution in [1.82, 2.24) is 0 Å². The van der Waals surface area contributed by atoms with Crippen LogP contribution in [0.4, 0.5) is 0 Å². The third-order valence-corrected chi connectivity index (χ3v) is 3.38. The molecule has 0 aliphatic rings. The van der Waals surface area contributed by atoms with Crippen molar-refractivity contribution in [2.45, 2.75) is 20.5 Å². The van der Waals surface area contributed by atoms with Crippen LogP contribution in [0.15, 0.2) is 40.2 Å². The normalized spacial score (nSPS) is 11.6. The summed E-state index contributed by atoms with van der Waals surface area (Å²) in [7, 11) is 0. The molecule has 0 saturated heterocycles. The Bertz CT molecular complexity index is 547. The number of hydrogen-bond acceptors (Lipinski definition) is 4. The molecule has 1 N–H and O–H groups in total. The van der Waals surface area contributed by atoms with Gasteiger partial charge in [0.05, 0.1) is 5.71 Å². The quantitative estimate of drug-likeness (QED) is 0.516. The number of ether oxygens (including phenoxy) is 1. The summed E-state index contributed by atoms with van der Waals surface area (Å²) in [6, 6.07) is 7.87. The lowest BCUT2D eigenvalue weighted by atomic mass is 10.1. The summed E-state index contributed by atoms with van der Waals surface area (Å²) in [4.78, 5) is 0. The van der Waals surface area contributed by atoms with Crippen molar-refractivity contribution in [3.63, 3.8) is 0 Å². The van der Waals surface area contributed by atoms with Gasteiger partial charge in [-0.3, -0.25) is 0 Å². The van der Waals surface area contributed by atoms with Gasteiger partial charge in [-0.2, -0.15) is 11.3 Å². The average Bonchev–Trinajstić information content (AvgIpc) is 2.88. The minimum Gasteiger partial charge on any atom is -0.488 e. The van der Waals surface area contributed by atoms with E-state index >= 15 is 0 Å². The summed E-state index contributed by atoms with van der Waals surface area (Å²) >= 11 is 1.65. The molecule has 0 saturated carbocycles. The molecule has 3 nitrogen and oxygen atoms in total. The highest BCUT2D eigenvalue weighted by molar-refractivity contribution is 7.07. The SMILES string of the molecule is C/C(=N/O)c1ccc(C)cc1OCc1ccsc1. The van der Waals surface area contributed by atoms with Crippen LogP contribution in [0.3, 0.4) is 0 Å². The second-order valence-electron chi connectivity index (χ2n) is 4.11. The van der Waals surface area contributed by atoms with Crippen molar-refractivity contribution in [1.29, 1.82) is 0 Å². The van der Waals surface area contributed by atoms with Crippen LogP contribution in [-0.4, -0.2) is 10.9 Å². The van der Waals surface area contributed by atoms with Gasteiger partial charge >= 0.3 is 0 Å². The van der Waals surface area contributed by atoms with Crippen molar-refractivity contribution >= 4 is 17.0 Å². The van der Waals surface area contributed by atoms with Gasteiger partial charge in [-0.05, 0) is 53.9 Å². The highest BCUT2D eigenvalue weighted by Gasteiger charge is 2.08. The van der Waals surface area contributed by atoms with Gasteiger partial charge in [0.1, 0.15) is 12.4 Å². The largest absolute Gasteiger partial charge is 0.488 e. The van der Waals surface area contributed by atoms with Crippen molar-refractivity contribution in [2.24, 2.45) is 5.16 Å². The topological polar surface area (TPSA) is 41.8 Å². The summed E-state index contributed by atoms with van der Waals surface area (Å²) < 4.78 is 5.80. The molecule has 18 heavy (non-hydrogen) atoms. The maximum absolute atomic E-state index is 8.87. The first-order valence-electron chi connectivity index (χ1n) is 5.64. The van der Waals surface area contributed by atoms with Gasteiger partial charge in [-0.1, -0.05) is 11.2 Å². The molecule has 0 aliphatic heterocycles. The average molecular weight is 261 g/mol. The molecule has 0 fully saturated rings. The predicted octanol–water partition coefficient (Wildman–Crippen LogP) is 3.83. The van der Waals surface area contributed by atoms with Crippen LogP contribution in [0.1, 0.15) is 23.6 Å². The number of thiophene rings is 1. The molecule has 94 valence electrons. The number of hydrogen-bond donors (Lipinski definition) is 1. The zero-order valence-electron chi connectivity index (χ0n) is 10.4. The molecular formula is C14H15NO2S. The second kappa shape index (κ2) is 5.69. The van der Waals surface area contributed by atoms with Crippen LogP contribution >= 0.6 is 11.3 Å². The van der Waals surface area contributed by atoms with E-state index in [1.807, 2.05) is 36.6 Å². The van der Waals surface area contributed by atoms with E-state index in [0.29, 0.717) is 12.3 Å². The lowest BCUT2D eigenvalue weighted by molar-refractivity contribution is 0.303. The first-order valence-corrected chi connectivity index (χ1v) is 6.58. The Morgan fingerprint density at radius 3 is 2.89 bits per heavy atom. The minimum absolute atomic E-state index is 0.526. The Morgan fingerprint density at radius 2 is 2.22 bits per heavy atom. The summed E-state index contributed by atoms with van der Waals surface area (Å²) in [6.07, 6.45) is 0. The van der Waals surface area contributed by atoms with E-state index in [0.717, 1.165) is 22.4 Å².